The average molecular weight is 545 g/mol. The molecule has 2 aromatic rings. The molecule has 1 saturated heterocycles. The van der Waals surface area contributed by atoms with Gasteiger partial charge in [0.15, 0.2) is 0 Å². The molecule has 1 atom stereocenters. The van der Waals surface area contributed by atoms with Crippen molar-refractivity contribution < 1.29 is 23.9 Å². The summed E-state index contributed by atoms with van der Waals surface area (Å²) in [6.45, 7) is 3.66. The molecule has 0 saturated carbocycles. The number of benzene rings is 2. The summed E-state index contributed by atoms with van der Waals surface area (Å²) in [5.41, 5.74) is 1.49. The molecule has 8 heteroatoms. The first-order chi connectivity index (χ1) is 17.0. The molecule has 35 heavy (non-hydrogen) atoms. The summed E-state index contributed by atoms with van der Waals surface area (Å²) in [6, 6.07) is 13.9. The molecule has 1 aliphatic rings. The topological polar surface area (TPSA) is 84.9 Å². The Kier molecular flexibility index (Phi) is 10.6. The number of halogens is 1. The van der Waals surface area contributed by atoms with Crippen molar-refractivity contribution in [3.63, 3.8) is 0 Å². The third-order valence-electron chi connectivity index (χ3n) is 5.88. The number of carbonyl (C=O) groups excluding carboxylic acids is 3. The fourth-order valence-electron chi connectivity index (χ4n) is 3.93. The predicted octanol–water partition coefficient (Wildman–Crippen LogP) is 4.52. The number of hydrogen-bond acceptors (Lipinski definition) is 5. The molecule has 7 nitrogen and oxygen atoms in total. The second-order valence-electron chi connectivity index (χ2n) is 8.52. The summed E-state index contributed by atoms with van der Waals surface area (Å²) in [5.74, 6) is -0.491. The largest absolute Gasteiger partial charge is 0.492 e. The molecule has 1 unspecified atom stereocenters. The normalized spacial score (nSPS) is 15.4. The Hall–Kier alpha value is -2.87. The van der Waals surface area contributed by atoms with Crippen molar-refractivity contribution in [3.8, 4) is 5.75 Å². The van der Waals surface area contributed by atoms with E-state index in [9.17, 15) is 14.4 Å². The maximum atomic E-state index is 13.3. The quantitative estimate of drug-likeness (QED) is 0.313. The van der Waals surface area contributed by atoms with E-state index >= 15 is 0 Å². The van der Waals surface area contributed by atoms with Crippen molar-refractivity contribution >= 4 is 33.7 Å². The molecule has 1 heterocycles. The van der Waals surface area contributed by atoms with Gasteiger partial charge in [0.05, 0.1) is 24.1 Å². The number of carbonyl (C=O) groups is 3. The summed E-state index contributed by atoms with van der Waals surface area (Å²) < 4.78 is 11.9. The number of hydrogen-bond donors (Lipinski definition) is 1. The van der Waals surface area contributed by atoms with Crippen molar-refractivity contribution in [2.75, 3.05) is 26.3 Å². The van der Waals surface area contributed by atoms with E-state index in [1.807, 2.05) is 30.3 Å². The molecular weight excluding hydrogens is 512 g/mol. The molecule has 0 aromatic heterocycles. The first kappa shape index (κ1) is 26.7. The van der Waals surface area contributed by atoms with E-state index in [2.05, 4.69) is 28.2 Å². The van der Waals surface area contributed by atoms with E-state index in [1.165, 1.54) is 17.7 Å². The molecule has 188 valence electrons. The number of ether oxygens (including phenoxy) is 2. The first-order valence-corrected chi connectivity index (χ1v) is 13.0. The fourth-order valence-corrected chi connectivity index (χ4v) is 4.43. The molecule has 0 radical (unpaired) electrons. The molecule has 1 fully saturated rings. The maximum absolute atomic E-state index is 13.3. The monoisotopic (exact) mass is 544 g/mol. The SMILES string of the molecule is CCCCCCOc1ccc(C(=O)N2CCNC(=O)C2CC(=O)OCCc2ccccc2)cc1Br. The zero-order valence-corrected chi connectivity index (χ0v) is 21.7. The number of unbranched alkanes of at least 4 members (excludes halogenated alkanes) is 3. The van der Waals surface area contributed by atoms with Crippen LogP contribution >= 0.6 is 15.9 Å². The van der Waals surface area contributed by atoms with Gasteiger partial charge in [-0.15, -0.1) is 0 Å². The van der Waals surface area contributed by atoms with Crippen LogP contribution in [0, 0.1) is 0 Å². The highest BCUT2D eigenvalue weighted by Crippen LogP contribution is 2.27. The summed E-state index contributed by atoms with van der Waals surface area (Å²) in [6.07, 6.45) is 4.86. The minimum atomic E-state index is -0.909. The minimum absolute atomic E-state index is 0.188. The maximum Gasteiger partial charge on any atom is 0.308 e. The Labute approximate surface area is 215 Å². The first-order valence-electron chi connectivity index (χ1n) is 12.2. The van der Waals surface area contributed by atoms with Gasteiger partial charge in [0, 0.05) is 25.1 Å². The number of esters is 1. The average Bonchev–Trinajstić information content (AvgIpc) is 2.86. The van der Waals surface area contributed by atoms with Crippen LogP contribution in [-0.4, -0.2) is 55.0 Å². The van der Waals surface area contributed by atoms with Crippen LogP contribution in [0.15, 0.2) is 53.0 Å². The van der Waals surface area contributed by atoms with Gasteiger partial charge < -0.3 is 19.7 Å². The molecular formula is C27H33BrN2O5. The lowest BCUT2D eigenvalue weighted by atomic mass is 10.1. The standard InChI is InChI=1S/C27H33BrN2O5/c1-2-3-4-8-16-34-24-12-11-21(18-22(24)28)27(33)30-15-14-29-26(32)23(30)19-25(31)35-17-13-20-9-6-5-7-10-20/h5-7,9-12,18,23H,2-4,8,13-17,19H2,1H3,(H,29,32). The van der Waals surface area contributed by atoms with Crippen molar-refractivity contribution in [2.24, 2.45) is 0 Å². The van der Waals surface area contributed by atoms with Gasteiger partial charge in [0.25, 0.3) is 5.91 Å². The number of piperazine rings is 1. The van der Waals surface area contributed by atoms with E-state index in [4.69, 9.17) is 9.47 Å². The smallest absolute Gasteiger partial charge is 0.308 e. The Bertz CT molecular complexity index is 998. The van der Waals surface area contributed by atoms with Gasteiger partial charge in [-0.25, -0.2) is 0 Å². The van der Waals surface area contributed by atoms with E-state index in [1.54, 1.807) is 18.2 Å². The van der Waals surface area contributed by atoms with Gasteiger partial charge in [-0.3, -0.25) is 14.4 Å². The Morgan fingerprint density at radius 2 is 1.89 bits per heavy atom. The lowest BCUT2D eigenvalue weighted by Gasteiger charge is -2.34. The van der Waals surface area contributed by atoms with Gasteiger partial charge >= 0.3 is 5.97 Å². The van der Waals surface area contributed by atoms with Crippen LogP contribution in [0.2, 0.25) is 0 Å². The Morgan fingerprint density at radius 1 is 1.09 bits per heavy atom. The van der Waals surface area contributed by atoms with Crippen LogP contribution < -0.4 is 10.1 Å². The lowest BCUT2D eigenvalue weighted by molar-refractivity contribution is -0.147. The molecule has 2 amide bonds. The highest BCUT2D eigenvalue weighted by Gasteiger charge is 2.35. The molecule has 0 spiro atoms. The lowest BCUT2D eigenvalue weighted by Crippen LogP contribution is -2.57. The number of rotatable bonds is 12. The van der Waals surface area contributed by atoms with Crippen molar-refractivity contribution in [2.45, 2.75) is 51.5 Å². The van der Waals surface area contributed by atoms with Gasteiger partial charge in [-0.1, -0.05) is 56.5 Å². The van der Waals surface area contributed by atoms with Crippen molar-refractivity contribution in [1.82, 2.24) is 10.2 Å². The fraction of sp³-hybridized carbons (Fsp3) is 0.444. The number of nitrogens with one attached hydrogen (secondary N) is 1. The molecule has 0 bridgehead atoms. The van der Waals surface area contributed by atoms with E-state index in [0.717, 1.165) is 18.4 Å². The van der Waals surface area contributed by atoms with E-state index < -0.39 is 12.0 Å². The number of amides is 2. The van der Waals surface area contributed by atoms with Crippen LogP contribution in [0.3, 0.4) is 0 Å². The second-order valence-corrected chi connectivity index (χ2v) is 9.37. The molecule has 1 N–H and O–H groups in total. The predicted molar refractivity (Wildman–Crippen MR) is 137 cm³/mol. The van der Waals surface area contributed by atoms with Crippen LogP contribution in [0.4, 0.5) is 0 Å². The van der Waals surface area contributed by atoms with Crippen molar-refractivity contribution in [1.29, 1.82) is 0 Å². The van der Waals surface area contributed by atoms with Crippen molar-refractivity contribution in [3.05, 3.63) is 64.1 Å². The second kappa shape index (κ2) is 13.9. The van der Waals surface area contributed by atoms with Gasteiger partial charge in [0.2, 0.25) is 5.91 Å². The van der Waals surface area contributed by atoms with Crippen LogP contribution in [0.25, 0.3) is 0 Å². The third-order valence-corrected chi connectivity index (χ3v) is 6.50. The molecule has 3 rings (SSSR count). The van der Waals surface area contributed by atoms with Crippen LogP contribution in [0.5, 0.6) is 5.75 Å². The summed E-state index contributed by atoms with van der Waals surface area (Å²) in [4.78, 5) is 39.7. The highest BCUT2D eigenvalue weighted by atomic mass is 79.9. The summed E-state index contributed by atoms with van der Waals surface area (Å²) >= 11 is 3.49. The third kappa shape index (κ3) is 8.09. The minimum Gasteiger partial charge on any atom is -0.492 e. The van der Waals surface area contributed by atoms with Gasteiger partial charge in [0.1, 0.15) is 11.8 Å². The Balaban J connectivity index is 1.57. The van der Waals surface area contributed by atoms with Crippen LogP contribution in [-0.2, 0) is 20.7 Å². The molecule has 0 aliphatic carbocycles. The summed E-state index contributed by atoms with van der Waals surface area (Å²) in [5, 5.41) is 2.74. The zero-order valence-electron chi connectivity index (χ0n) is 20.1. The van der Waals surface area contributed by atoms with E-state index in [-0.39, 0.29) is 24.8 Å². The number of nitrogens with zero attached hydrogens (tertiary/aromatic N) is 1. The zero-order chi connectivity index (χ0) is 25.0. The Morgan fingerprint density at radius 3 is 2.63 bits per heavy atom. The van der Waals surface area contributed by atoms with Crippen LogP contribution in [0.1, 0.15) is 54.9 Å². The molecule has 1 aliphatic heterocycles. The van der Waals surface area contributed by atoms with Gasteiger partial charge in [-0.05, 0) is 46.1 Å². The van der Waals surface area contributed by atoms with E-state index in [0.29, 0.717) is 41.9 Å². The van der Waals surface area contributed by atoms with Gasteiger partial charge in [-0.2, -0.15) is 0 Å². The highest BCUT2D eigenvalue weighted by molar-refractivity contribution is 9.10. The molecule has 2 aromatic carbocycles. The summed E-state index contributed by atoms with van der Waals surface area (Å²) in [7, 11) is 0.